The van der Waals surface area contributed by atoms with Gasteiger partial charge in [-0.05, 0) is 43.3 Å². The van der Waals surface area contributed by atoms with Crippen LogP contribution in [0, 0.1) is 0 Å². The fourth-order valence-electron chi connectivity index (χ4n) is 2.27. The number of benzene rings is 2. The van der Waals surface area contributed by atoms with Crippen molar-refractivity contribution in [3.8, 4) is 5.75 Å². The molecule has 0 aromatic heterocycles. The van der Waals surface area contributed by atoms with Crippen molar-refractivity contribution in [2.24, 2.45) is 0 Å². The summed E-state index contributed by atoms with van der Waals surface area (Å²) in [6.07, 6.45) is 0. The van der Waals surface area contributed by atoms with E-state index in [1.165, 1.54) is 0 Å². The number of methoxy groups -OCH3 is 1. The number of likely N-dealkylation sites (N-methyl/N-ethyl adjacent to an activating group) is 1. The first-order valence-corrected chi connectivity index (χ1v) is 8.30. The maximum Gasteiger partial charge on any atom is 0.282 e. The molecule has 4 nitrogen and oxygen atoms in total. The van der Waals surface area contributed by atoms with Crippen LogP contribution < -0.4 is 15.0 Å². The topological polar surface area (TPSA) is 42.8 Å². The van der Waals surface area contributed by atoms with E-state index < -0.39 is 0 Å². The lowest BCUT2D eigenvalue weighted by Gasteiger charge is -2.21. The highest BCUT2D eigenvalue weighted by molar-refractivity contribution is 9.10. The monoisotopic (exact) mass is 377 g/mol. The summed E-state index contributed by atoms with van der Waals surface area (Å²) in [6.45, 7) is 2.69. The molecule has 0 saturated heterocycles. The van der Waals surface area contributed by atoms with Crippen LogP contribution >= 0.6 is 15.9 Å². The molecule has 23 heavy (non-hydrogen) atoms. The molecule has 0 heterocycles. The lowest BCUT2D eigenvalue weighted by atomic mass is 10.1. The molecule has 0 radical (unpaired) electrons. The van der Waals surface area contributed by atoms with E-state index in [0.717, 1.165) is 32.9 Å². The fraction of sp³-hybridized carbons (Fsp3) is 0.278. The Morgan fingerprint density at radius 3 is 2.61 bits per heavy atom. The van der Waals surface area contributed by atoms with Crippen molar-refractivity contribution in [2.45, 2.75) is 19.5 Å². The SMILES string of the molecule is COc1cccc(C[NH+](C)[C@@H](C)C(=O)Nc2ccc(Br)cc2)c1. The van der Waals surface area contributed by atoms with Crippen LogP contribution in [0.2, 0.25) is 0 Å². The molecule has 1 amide bonds. The van der Waals surface area contributed by atoms with Gasteiger partial charge in [0, 0.05) is 15.7 Å². The highest BCUT2D eigenvalue weighted by Gasteiger charge is 2.22. The predicted octanol–water partition coefficient (Wildman–Crippen LogP) is 2.50. The van der Waals surface area contributed by atoms with Gasteiger partial charge in [-0.15, -0.1) is 0 Å². The van der Waals surface area contributed by atoms with Gasteiger partial charge in [0.05, 0.1) is 14.2 Å². The van der Waals surface area contributed by atoms with Gasteiger partial charge >= 0.3 is 0 Å². The maximum absolute atomic E-state index is 12.4. The van der Waals surface area contributed by atoms with E-state index in [2.05, 4.69) is 21.2 Å². The summed E-state index contributed by atoms with van der Waals surface area (Å²) in [7, 11) is 3.68. The Bertz CT molecular complexity index is 658. The van der Waals surface area contributed by atoms with Gasteiger partial charge < -0.3 is 15.0 Å². The third-order valence-electron chi connectivity index (χ3n) is 3.86. The maximum atomic E-state index is 12.4. The van der Waals surface area contributed by atoms with Gasteiger partial charge in [0.15, 0.2) is 6.04 Å². The quantitative estimate of drug-likeness (QED) is 0.811. The lowest BCUT2D eigenvalue weighted by molar-refractivity contribution is -0.907. The van der Waals surface area contributed by atoms with Crippen molar-refractivity contribution >= 4 is 27.5 Å². The van der Waals surface area contributed by atoms with Gasteiger partial charge in [-0.2, -0.15) is 0 Å². The van der Waals surface area contributed by atoms with E-state index in [9.17, 15) is 4.79 Å². The third kappa shape index (κ3) is 5.08. The largest absolute Gasteiger partial charge is 0.497 e. The van der Waals surface area contributed by atoms with Crippen molar-refractivity contribution in [1.29, 1.82) is 0 Å². The number of halogens is 1. The molecule has 5 heteroatoms. The summed E-state index contributed by atoms with van der Waals surface area (Å²) in [4.78, 5) is 13.5. The number of rotatable bonds is 6. The summed E-state index contributed by atoms with van der Waals surface area (Å²) >= 11 is 3.39. The summed E-state index contributed by atoms with van der Waals surface area (Å²) in [5, 5.41) is 2.95. The highest BCUT2D eigenvalue weighted by atomic mass is 79.9. The van der Waals surface area contributed by atoms with Crippen LogP contribution in [0.3, 0.4) is 0 Å². The number of quaternary nitrogens is 1. The van der Waals surface area contributed by atoms with Gasteiger partial charge in [-0.1, -0.05) is 28.1 Å². The number of hydrogen-bond acceptors (Lipinski definition) is 2. The lowest BCUT2D eigenvalue weighted by Crippen LogP contribution is -3.12. The first-order chi connectivity index (χ1) is 11.0. The average Bonchev–Trinajstić information content (AvgIpc) is 2.56. The van der Waals surface area contributed by atoms with Gasteiger partial charge in [0.1, 0.15) is 12.3 Å². The molecule has 0 fully saturated rings. The Balaban J connectivity index is 1.96. The minimum atomic E-state index is -0.162. The average molecular weight is 378 g/mol. The van der Waals surface area contributed by atoms with Crippen LogP contribution in [-0.4, -0.2) is 26.1 Å². The normalized spacial score (nSPS) is 13.2. The summed E-state index contributed by atoms with van der Waals surface area (Å²) in [5.41, 5.74) is 1.95. The number of amides is 1. The zero-order valence-electron chi connectivity index (χ0n) is 13.6. The molecule has 1 unspecified atom stereocenters. The second-order valence-electron chi connectivity index (χ2n) is 5.59. The molecular weight excluding hydrogens is 356 g/mol. The van der Waals surface area contributed by atoms with Crippen LogP contribution in [0.15, 0.2) is 53.0 Å². The number of carbonyl (C=O) groups excluding carboxylic acids is 1. The Morgan fingerprint density at radius 1 is 1.26 bits per heavy atom. The molecule has 122 valence electrons. The fourth-order valence-corrected chi connectivity index (χ4v) is 2.53. The summed E-state index contributed by atoms with van der Waals surface area (Å²) in [6, 6.07) is 15.4. The molecule has 2 N–H and O–H groups in total. The molecule has 2 aromatic rings. The number of ether oxygens (including phenoxy) is 1. The Labute approximate surface area is 145 Å². The van der Waals surface area contributed by atoms with Crippen LogP contribution in [0.25, 0.3) is 0 Å². The smallest absolute Gasteiger partial charge is 0.282 e. The van der Waals surface area contributed by atoms with E-state index in [0.29, 0.717) is 0 Å². The second-order valence-corrected chi connectivity index (χ2v) is 6.51. The Hall–Kier alpha value is -1.85. The van der Waals surface area contributed by atoms with Crippen LogP contribution in [-0.2, 0) is 11.3 Å². The molecule has 0 bridgehead atoms. The van der Waals surface area contributed by atoms with Crippen LogP contribution in [0.5, 0.6) is 5.75 Å². The number of nitrogens with one attached hydrogen (secondary N) is 2. The van der Waals surface area contributed by atoms with Crippen molar-refractivity contribution < 1.29 is 14.4 Å². The van der Waals surface area contributed by atoms with E-state index in [-0.39, 0.29) is 11.9 Å². The molecule has 0 saturated carbocycles. The standard InChI is InChI=1S/C18H21BrN2O2/c1-13(18(22)20-16-9-7-15(19)8-10-16)21(2)12-14-5-4-6-17(11-14)23-3/h4-11,13H,12H2,1-3H3,(H,20,22)/p+1/t13-/m0/s1. The molecular formula is C18H22BrN2O2+. The van der Waals surface area contributed by atoms with E-state index >= 15 is 0 Å². The number of anilines is 1. The molecule has 2 rings (SSSR count). The molecule has 0 aliphatic rings. The molecule has 2 atom stereocenters. The summed E-state index contributed by atoms with van der Waals surface area (Å²) < 4.78 is 6.23. The van der Waals surface area contributed by atoms with Crippen LogP contribution in [0.4, 0.5) is 5.69 Å². The first-order valence-electron chi connectivity index (χ1n) is 7.51. The molecule has 0 spiro atoms. The van der Waals surface area contributed by atoms with Crippen molar-refractivity contribution in [3.05, 3.63) is 58.6 Å². The molecule has 0 aliphatic heterocycles. The first kappa shape index (κ1) is 17.5. The van der Waals surface area contributed by atoms with Crippen molar-refractivity contribution in [1.82, 2.24) is 0 Å². The Morgan fingerprint density at radius 2 is 1.96 bits per heavy atom. The molecule has 0 aliphatic carbocycles. The number of hydrogen-bond donors (Lipinski definition) is 2. The van der Waals surface area contributed by atoms with Crippen molar-refractivity contribution in [3.63, 3.8) is 0 Å². The third-order valence-corrected chi connectivity index (χ3v) is 4.39. The van der Waals surface area contributed by atoms with Gasteiger partial charge in [-0.3, -0.25) is 4.79 Å². The zero-order chi connectivity index (χ0) is 16.8. The van der Waals surface area contributed by atoms with Crippen molar-refractivity contribution in [2.75, 3.05) is 19.5 Å². The summed E-state index contributed by atoms with van der Waals surface area (Å²) in [5.74, 6) is 0.843. The minimum Gasteiger partial charge on any atom is -0.497 e. The van der Waals surface area contributed by atoms with E-state index in [1.807, 2.05) is 62.5 Å². The highest BCUT2D eigenvalue weighted by Crippen LogP contribution is 2.14. The minimum absolute atomic E-state index is 0.00715. The zero-order valence-corrected chi connectivity index (χ0v) is 15.2. The predicted molar refractivity (Wildman–Crippen MR) is 95.8 cm³/mol. The van der Waals surface area contributed by atoms with Gasteiger partial charge in [0.2, 0.25) is 0 Å². The van der Waals surface area contributed by atoms with E-state index in [4.69, 9.17) is 4.74 Å². The number of carbonyl (C=O) groups is 1. The van der Waals surface area contributed by atoms with Crippen LogP contribution in [0.1, 0.15) is 12.5 Å². The van der Waals surface area contributed by atoms with E-state index in [1.54, 1.807) is 7.11 Å². The molecule has 2 aromatic carbocycles. The second kappa shape index (κ2) is 8.13. The van der Waals surface area contributed by atoms with Gasteiger partial charge in [0.25, 0.3) is 5.91 Å². The van der Waals surface area contributed by atoms with Gasteiger partial charge in [-0.25, -0.2) is 0 Å². The Kier molecular flexibility index (Phi) is 6.19.